The Balaban J connectivity index is 2.75. The van der Waals surface area contributed by atoms with Crippen molar-refractivity contribution >= 4 is 11.6 Å². The number of rotatable bonds is 2. The molecule has 4 heteroatoms. The summed E-state index contributed by atoms with van der Waals surface area (Å²) >= 11 is 0. The van der Waals surface area contributed by atoms with Gasteiger partial charge in [0.2, 0.25) is 5.91 Å². The van der Waals surface area contributed by atoms with Gasteiger partial charge in [-0.15, -0.1) is 0 Å². The van der Waals surface area contributed by atoms with Gasteiger partial charge in [0.05, 0.1) is 17.9 Å². The van der Waals surface area contributed by atoms with E-state index in [1.54, 1.807) is 19.3 Å². The second-order valence-corrected chi connectivity index (χ2v) is 2.97. The summed E-state index contributed by atoms with van der Waals surface area (Å²) < 4.78 is 0. The molecule has 3 N–H and O–H groups in total. The third-order valence-corrected chi connectivity index (χ3v) is 1.71. The zero-order valence-electron chi connectivity index (χ0n) is 7.74. The third-order valence-electron chi connectivity index (χ3n) is 1.71. The maximum Gasteiger partial charge on any atom is 0.241 e. The molecule has 1 aromatic rings. The van der Waals surface area contributed by atoms with Gasteiger partial charge in [-0.1, -0.05) is 0 Å². The van der Waals surface area contributed by atoms with Crippen molar-refractivity contribution in [1.82, 2.24) is 4.98 Å². The van der Waals surface area contributed by atoms with Crippen molar-refractivity contribution in [3.63, 3.8) is 0 Å². The summed E-state index contributed by atoms with van der Waals surface area (Å²) in [5.41, 5.74) is 7.09. The predicted molar refractivity (Wildman–Crippen MR) is 51.3 cm³/mol. The smallest absolute Gasteiger partial charge is 0.241 e. The number of carbonyl (C=O) groups is 1. The lowest BCUT2D eigenvalue weighted by Crippen LogP contribution is -2.32. The molecule has 4 nitrogen and oxygen atoms in total. The van der Waals surface area contributed by atoms with Crippen LogP contribution in [0.2, 0.25) is 0 Å². The highest BCUT2D eigenvalue weighted by Crippen LogP contribution is 2.10. The summed E-state index contributed by atoms with van der Waals surface area (Å²) in [6, 6.07) is 1.33. The molecule has 0 saturated carbocycles. The molecule has 0 bridgehead atoms. The number of aromatic nitrogens is 1. The van der Waals surface area contributed by atoms with Crippen LogP contribution in [0.4, 0.5) is 5.69 Å². The maximum absolute atomic E-state index is 11.2. The van der Waals surface area contributed by atoms with Gasteiger partial charge in [0.25, 0.3) is 0 Å². The minimum atomic E-state index is -0.500. The van der Waals surface area contributed by atoms with Crippen LogP contribution in [0.15, 0.2) is 18.5 Å². The number of amides is 1. The van der Waals surface area contributed by atoms with Crippen LogP contribution in [0.1, 0.15) is 12.5 Å². The molecular weight excluding hydrogens is 166 g/mol. The molecule has 1 heterocycles. The molecule has 0 aliphatic rings. The van der Waals surface area contributed by atoms with Crippen molar-refractivity contribution in [2.75, 3.05) is 5.32 Å². The number of carbonyl (C=O) groups excluding carboxylic acids is 1. The second kappa shape index (κ2) is 4.00. The van der Waals surface area contributed by atoms with Crippen molar-refractivity contribution in [2.45, 2.75) is 19.9 Å². The molecule has 1 rings (SSSR count). The lowest BCUT2D eigenvalue weighted by Gasteiger charge is -2.08. The monoisotopic (exact) mass is 179 g/mol. The lowest BCUT2D eigenvalue weighted by atomic mass is 10.2. The molecule has 1 atom stereocenters. The maximum atomic E-state index is 11.2. The van der Waals surface area contributed by atoms with E-state index in [-0.39, 0.29) is 5.91 Å². The Hall–Kier alpha value is -1.42. The molecular formula is C9H13N3O. The number of pyridine rings is 1. The number of nitrogens with zero attached hydrogens (tertiary/aromatic N) is 1. The number of nitrogens with one attached hydrogen (secondary N) is 1. The van der Waals surface area contributed by atoms with Gasteiger partial charge in [-0.25, -0.2) is 0 Å². The molecule has 0 aliphatic carbocycles. The first-order valence-corrected chi connectivity index (χ1v) is 4.08. The molecule has 70 valence electrons. The van der Waals surface area contributed by atoms with Crippen LogP contribution in [-0.4, -0.2) is 16.9 Å². The summed E-state index contributed by atoms with van der Waals surface area (Å²) in [6.07, 6.45) is 3.28. The van der Waals surface area contributed by atoms with Crippen LogP contribution in [0.5, 0.6) is 0 Å². The van der Waals surface area contributed by atoms with E-state index < -0.39 is 6.04 Å². The Kier molecular flexibility index (Phi) is 2.97. The van der Waals surface area contributed by atoms with E-state index in [0.717, 1.165) is 5.56 Å². The summed E-state index contributed by atoms with van der Waals surface area (Å²) in [6.45, 7) is 3.54. The molecule has 13 heavy (non-hydrogen) atoms. The van der Waals surface area contributed by atoms with Crippen molar-refractivity contribution in [1.29, 1.82) is 0 Å². The van der Waals surface area contributed by atoms with Crippen LogP contribution >= 0.6 is 0 Å². The lowest BCUT2D eigenvalue weighted by molar-refractivity contribution is -0.117. The molecule has 0 saturated heterocycles. The van der Waals surface area contributed by atoms with Crippen LogP contribution in [0.3, 0.4) is 0 Å². The molecule has 0 fully saturated rings. The molecule has 0 radical (unpaired) electrons. The Bertz CT molecular complexity index is 309. The highest BCUT2D eigenvalue weighted by Gasteiger charge is 2.08. The summed E-state index contributed by atoms with van der Waals surface area (Å²) in [5, 5.41) is 2.68. The molecule has 1 unspecified atom stereocenters. The Morgan fingerprint density at radius 1 is 1.69 bits per heavy atom. The quantitative estimate of drug-likeness (QED) is 0.701. The van der Waals surface area contributed by atoms with Crippen molar-refractivity contribution in [3.8, 4) is 0 Å². The van der Waals surface area contributed by atoms with Gasteiger partial charge >= 0.3 is 0 Å². The number of nitrogens with two attached hydrogens (primary N) is 1. The predicted octanol–water partition coefficient (Wildman–Crippen LogP) is 0.676. The van der Waals surface area contributed by atoms with Gasteiger partial charge in [0, 0.05) is 6.20 Å². The largest absolute Gasteiger partial charge is 0.323 e. The van der Waals surface area contributed by atoms with E-state index in [1.807, 2.05) is 13.0 Å². The van der Waals surface area contributed by atoms with E-state index in [9.17, 15) is 4.79 Å². The first-order valence-electron chi connectivity index (χ1n) is 4.08. The summed E-state index contributed by atoms with van der Waals surface area (Å²) in [4.78, 5) is 15.1. The minimum absolute atomic E-state index is 0.198. The van der Waals surface area contributed by atoms with E-state index in [4.69, 9.17) is 5.73 Å². The fraction of sp³-hybridized carbons (Fsp3) is 0.333. The Morgan fingerprint density at radius 2 is 2.38 bits per heavy atom. The minimum Gasteiger partial charge on any atom is -0.323 e. The standard InChI is InChI=1S/C9H13N3O/c1-6-3-4-11-5-8(6)12-9(13)7(2)10/h3-5,7H,10H2,1-2H3,(H,12,13). The van der Waals surface area contributed by atoms with Gasteiger partial charge in [0.1, 0.15) is 0 Å². The average molecular weight is 179 g/mol. The van der Waals surface area contributed by atoms with E-state index >= 15 is 0 Å². The zero-order chi connectivity index (χ0) is 9.84. The second-order valence-electron chi connectivity index (χ2n) is 2.97. The van der Waals surface area contributed by atoms with Gasteiger partial charge in [-0.2, -0.15) is 0 Å². The SMILES string of the molecule is Cc1ccncc1NC(=O)C(C)N. The van der Waals surface area contributed by atoms with Crippen molar-refractivity contribution < 1.29 is 4.79 Å². The normalized spacial score (nSPS) is 12.2. The number of aryl methyl sites for hydroxylation is 1. The van der Waals surface area contributed by atoms with Gasteiger partial charge in [-0.3, -0.25) is 9.78 Å². The number of hydrogen-bond acceptors (Lipinski definition) is 3. The number of hydrogen-bond donors (Lipinski definition) is 2. The van der Waals surface area contributed by atoms with E-state index in [1.165, 1.54) is 0 Å². The first-order chi connectivity index (χ1) is 6.11. The number of anilines is 1. The molecule has 0 aromatic carbocycles. The molecule has 1 aromatic heterocycles. The fourth-order valence-electron chi connectivity index (χ4n) is 0.841. The van der Waals surface area contributed by atoms with Gasteiger partial charge in [-0.05, 0) is 25.5 Å². The zero-order valence-corrected chi connectivity index (χ0v) is 7.74. The van der Waals surface area contributed by atoms with Gasteiger partial charge in [0.15, 0.2) is 0 Å². The van der Waals surface area contributed by atoms with Crippen LogP contribution in [-0.2, 0) is 4.79 Å². The average Bonchev–Trinajstić information content (AvgIpc) is 2.08. The van der Waals surface area contributed by atoms with Crippen LogP contribution < -0.4 is 11.1 Å². The molecule has 0 aliphatic heterocycles. The topological polar surface area (TPSA) is 68.0 Å². The van der Waals surface area contributed by atoms with Crippen molar-refractivity contribution in [2.24, 2.45) is 5.73 Å². The summed E-state index contributed by atoms with van der Waals surface area (Å²) in [7, 11) is 0. The third kappa shape index (κ3) is 2.52. The van der Waals surface area contributed by atoms with Crippen LogP contribution in [0, 0.1) is 6.92 Å². The Morgan fingerprint density at radius 3 is 2.92 bits per heavy atom. The highest BCUT2D eigenvalue weighted by atomic mass is 16.2. The summed E-state index contributed by atoms with van der Waals surface area (Å²) in [5.74, 6) is -0.198. The van der Waals surface area contributed by atoms with Crippen molar-refractivity contribution in [3.05, 3.63) is 24.0 Å². The van der Waals surface area contributed by atoms with Crippen LogP contribution in [0.25, 0.3) is 0 Å². The molecule has 0 spiro atoms. The van der Waals surface area contributed by atoms with E-state index in [0.29, 0.717) is 5.69 Å². The fourth-order valence-corrected chi connectivity index (χ4v) is 0.841. The highest BCUT2D eigenvalue weighted by molar-refractivity contribution is 5.94. The van der Waals surface area contributed by atoms with E-state index in [2.05, 4.69) is 10.3 Å². The van der Waals surface area contributed by atoms with Gasteiger partial charge < -0.3 is 11.1 Å². The first kappa shape index (κ1) is 9.67. The molecule has 1 amide bonds. The Labute approximate surface area is 77.2 Å².